The van der Waals surface area contributed by atoms with Crippen LogP contribution in [-0.4, -0.2) is 23.2 Å². The maximum absolute atomic E-state index is 13.3. The van der Waals surface area contributed by atoms with E-state index in [1.807, 2.05) is 47.9 Å². The molecule has 1 atom stereocenters. The van der Waals surface area contributed by atoms with Gasteiger partial charge in [0.15, 0.2) is 11.0 Å². The lowest BCUT2D eigenvalue weighted by Crippen LogP contribution is -2.29. The minimum atomic E-state index is -3.80. The normalized spacial score (nSPS) is 13.0. The standard InChI is InChI=1S/C28H31FN4O2S2/c1-19-6-14-24(15-7-19)33-26(30-31-27(33)36-18-21-8-12-23(29)13-9-21)20(2)32-37(34,35)25-16-10-22(11-17-25)28(3,4)5/h6-17,20,32H,18H2,1-5H3. The Morgan fingerprint density at radius 2 is 1.57 bits per heavy atom. The summed E-state index contributed by atoms with van der Waals surface area (Å²) in [6, 6.07) is 20.5. The van der Waals surface area contributed by atoms with Gasteiger partial charge in [-0.25, -0.2) is 17.5 Å². The Morgan fingerprint density at radius 3 is 2.16 bits per heavy atom. The number of nitrogens with zero attached hydrogens (tertiary/aromatic N) is 3. The summed E-state index contributed by atoms with van der Waals surface area (Å²) >= 11 is 1.45. The van der Waals surface area contributed by atoms with Crippen molar-refractivity contribution >= 4 is 21.8 Å². The molecule has 0 aliphatic carbocycles. The van der Waals surface area contributed by atoms with Crippen molar-refractivity contribution < 1.29 is 12.8 Å². The van der Waals surface area contributed by atoms with E-state index in [1.165, 1.54) is 23.9 Å². The third kappa shape index (κ3) is 6.47. The molecule has 37 heavy (non-hydrogen) atoms. The Morgan fingerprint density at radius 1 is 0.946 bits per heavy atom. The van der Waals surface area contributed by atoms with Gasteiger partial charge in [-0.15, -0.1) is 10.2 Å². The van der Waals surface area contributed by atoms with Crippen LogP contribution in [0.1, 0.15) is 56.3 Å². The molecule has 194 valence electrons. The number of rotatable bonds is 8. The maximum Gasteiger partial charge on any atom is 0.241 e. The summed E-state index contributed by atoms with van der Waals surface area (Å²) in [6.45, 7) is 10.0. The Hall–Kier alpha value is -3.01. The number of aromatic nitrogens is 3. The van der Waals surface area contributed by atoms with Gasteiger partial charge in [0.05, 0.1) is 10.9 Å². The summed E-state index contributed by atoms with van der Waals surface area (Å²) < 4.78 is 44.3. The predicted molar refractivity (Wildman–Crippen MR) is 146 cm³/mol. The first-order valence-corrected chi connectivity index (χ1v) is 14.4. The summed E-state index contributed by atoms with van der Waals surface area (Å²) in [6.07, 6.45) is 0. The zero-order valence-electron chi connectivity index (χ0n) is 21.6. The van der Waals surface area contributed by atoms with Crippen molar-refractivity contribution in [2.75, 3.05) is 0 Å². The Labute approximate surface area is 222 Å². The topological polar surface area (TPSA) is 76.9 Å². The van der Waals surface area contributed by atoms with Gasteiger partial charge in [-0.2, -0.15) is 0 Å². The zero-order valence-corrected chi connectivity index (χ0v) is 23.2. The number of nitrogens with one attached hydrogen (secondary N) is 1. The van der Waals surface area contributed by atoms with E-state index >= 15 is 0 Å². The van der Waals surface area contributed by atoms with Gasteiger partial charge in [0, 0.05) is 11.4 Å². The van der Waals surface area contributed by atoms with E-state index in [1.54, 1.807) is 31.2 Å². The minimum absolute atomic E-state index is 0.0740. The van der Waals surface area contributed by atoms with Gasteiger partial charge >= 0.3 is 0 Å². The van der Waals surface area contributed by atoms with E-state index in [4.69, 9.17) is 0 Å². The van der Waals surface area contributed by atoms with E-state index in [9.17, 15) is 12.8 Å². The molecule has 0 aliphatic heterocycles. The molecule has 0 radical (unpaired) electrons. The zero-order chi connectivity index (χ0) is 26.8. The molecule has 0 bridgehead atoms. The lowest BCUT2D eigenvalue weighted by atomic mass is 9.87. The molecule has 1 aromatic heterocycles. The van der Waals surface area contributed by atoms with Gasteiger partial charge in [0.25, 0.3) is 0 Å². The van der Waals surface area contributed by atoms with Crippen LogP contribution in [0.15, 0.2) is 82.8 Å². The first-order chi connectivity index (χ1) is 17.4. The molecule has 0 spiro atoms. The molecule has 9 heteroatoms. The SMILES string of the molecule is Cc1ccc(-n2c(SCc3ccc(F)cc3)nnc2C(C)NS(=O)(=O)c2ccc(C(C)(C)C)cc2)cc1. The third-order valence-corrected chi connectivity index (χ3v) is 8.54. The first-order valence-electron chi connectivity index (χ1n) is 12.0. The second-order valence-corrected chi connectivity index (χ2v) is 12.7. The van der Waals surface area contributed by atoms with Crippen LogP contribution in [-0.2, 0) is 21.2 Å². The maximum atomic E-state index is 13.3. The number of sulfonamides is 1. The van der Waals surface area contributed by atoms with Crippen LogP contribution in [0.4, 0.5) is 4.39 Å². The average Bonchev–Trinajstić information content (AvgIpc) is 3.28. The van der Waals surface area contributed by atoms with E-state index in [2.05, 4.69) is 35.7 Å². The second-order valence-electron chi connectivity index (χ2n) is 10.0. The highest BCUT2D eigenvalue weighted by molar-refractivity contribution is 7.98. The van der Waals surface area contributed by atoms with Crippen LogP contribution in [0.2, 0.25) is 0 Å². The fraction of sp³-hybridized carbons (Fsp3) is 0.286. The van der Waals surface area contributed by atoms with Crippen molar-refractivity contribution in [1.82, 2.24) is 19.5 Å². The number of hydrogen-bond donors (Lipinski definition) is 1. The number of halogens is 1. The Balaban J connectivity index is 1.62. The van der Waals surface area contributed by atoms with Crippen LogP contribution in [0.25, 0.3) is 5.69 Å². The predicted octanol–water partition coefficient (Wildman–Crippen LogP) is 6.34. The number of thioether (sulfide) groups is 1. The van der Waals surface area contributed by atoms with Crippen LogP contribution < -0.4 is 4.72 Å². The van der Waals surface area contributed by atoms with Crippen molar-refractivity contribution in [3.63, 3.8) is 0 Å². The Bertz CT molecular complexity index is 1460. The largest absolute Gasteiger partial charge is 0.273 e. The highest BCUT2D eigenvalue weighted by Crippen LogP contribution is 2.29. The summed E-state index contributed by atoms with van der Waals surface area (Å²) in [5, 5.41) is 9.36. The van der Waals surface area contributed by atoms with Crippen molar-refractivity contribution in [3.8, 4) is 5.69 Å². The molecule has 4 aromatic rings. The first kappa shape index (κ1) is 27.0. The highest BCUT2D eigenvalue weighted by Gasteiger charge is 2.25. The monoisotopic (exact) mass is 538 g/mol. The molecule has 0 saturated carbocycles. The van der Waals surface area contributed by atoms with Gasteiger partial charge in [-0.1, -0.05) is 74.5 Å². The van der Waals surface area contributed by atoms with Crippen molar-refractivity contribution in [3.05, 3.63) is 101 Å². The number of hydrogen-bond acceptors (Lipinski definition) is 5. The molecular formula is C28H31FN4O2S2. The van der Waals surface area contributed by atoms with Crippen LogP contribution in [0.5, 0.6) is 0 Å². The molecule has 0 aliphatic rings. The van der Waals surface area contributed by atoms with Gasteiger partial charge < -0.3 is 0 Å². The van der Waals surface area contributed by atoms with Crippen molar-refractivity contribution in [2.24, 2.45) is 0 Å². The summed E-state index contributed by atoms with van der Waals surface area (Å²) in [7, 11) is -3.80. The van der Waals surface area contributed by atoms with Crippen molar-refractivity contribution in [1.29, 1.82) is 0 Å². The lowest BCUT2D eigenvalue weighted by Gasteiger charge is -2.20. The molecule has 1 unspecified atom stereocenters. The molecule has 6 nitrogen and oxygen atoms in total. The number of benzene rings is 3. The molecule has 1 N–H and O–H groups in total. The molecule has 0 saturated heterocycles. The summed E-state index contributed by atoms with van der Waals surface area (Å²) in [4.78, 5) is 0.194. The van der Waals surface area contributed by atoms with E-state index < -0.39 is 16.1 Å². The highest BCUT2D eigenvalue weighted by atomic mass is 32.2. The second kappa shape index (κ2) is 10.8. The van der Waals surface area contributed by atoms with E-state index in [-0.39, 0.29) is 16.1 Å². The molecule has 0 fully saturated rings. The van der Waals surface area contributed by atoms with Gasteiger partial charge in [0.2, 0.25) is 10.0 Å². The average molecular weight is 539 g/mol. The fourth-order valence-electron chi connectivity index (χ4n) is 3.81. The Kier molecular flexibility index (Phi) is 7.87. The smallest absolute Gasteiger partial charge is 0.241 e. The summed E-state index contributed by atoms with van der Waals surface area (Å²) in [5.41, 5.74) is 3.86. The molecule has 3 aromatic carbocycles. The van der Waals surface area contributed by atoms with E-state index in [0.717, 1.165) is 22.4 Å². The summed E-state index contributed by atoms with van der Waals surface area (Å²) in [5.74, 6) is 0.748. The number of aryl methyl sites for hydroxylation is 1. The molecule has 1 heterocycles. The van der Waals surface area contributed by atoms with Gasteiger partial charge in [-0.3, -0.25) is 4.57 Å². The molecule has 4 rings (SSSR count). The van der Waals surface area contributed by atoms with Crippen LogP contribution >= 0.6 is 11.8 Å². The van der Waals surface area contributed by atoms with Gasteiger partial charge in [-0.05, 0) is 66.8 Å². The van der Waals surface area contributed by atoms with Crippen molar-refractivity contribution in [2.45, 2.75) is 61.9 Å². The minimum Gasteiger partial charge on any atom is -0.273 e. The molecular weight excluding hydrogens is 507 g/mol. The third-order valence-electron chi connectivity index (χ3n) is 5.98. The van der Waals surface area contributed by atoms with E-state index in [0.29, 0.717) is 16.7 Å². The van der Waals surface area contributed by atoms with Crippen LogP contribution in [0, 0.1) is 12.7 Å². The van der Waals surface area contributed by atoms with Gasteiger partial charge in [0.1, 0.15) is 5.82 Å². The van der Waals surface area contributed by atoms with Crippen LogP contribution in [0.3, 0.4) is 0 Å². The fourth-order valence-corrected chi connectivity index (χ4v) is 5.92. The molecule has 0 amide bonds. The quantitative estimate of drug-likeness (QED) is 0.265. The lowest BCUT2D eigenvalue weighted by molar-refractivity contribution is 0.555.